The Kier molecular flexibility index (Phi) is 10.5. The second kappa shape index (κ2) is 13.1. The lowest BCUT2D eigenvalue weighted by Gasteiger charge is -2.29. The van der Waals surface area contributed by atoms with Crippen LogP contribution in [-0.2, 0) is 16.1 Å². The summed E-state index contributed by atoms with van der Waals surface area (Å²) < 4.78 is 31.7. The number of carboxylic acids is 1. The molecule has 36 heavy (non-hydrogen) atoms. The van der Waals surface area contributed by atoms with Crippen molar-refractivity contribution >= 4 is 17.8 Å². The van der Waals surface area contributed by atoms with E-state index in [2.05, 4.69) is 35.6 Å². The van der Waals surface area contributed by atoms with Crippen molar-refractivity contribution in [2.45, 2.75) is 39.9 Å². The first-order valence-electron chi connectivity index (χ1n) is 11.6. The number of aryl methyl sites for hydroxylation is 3. The second-order valence-corrected chi connectivity index (χ2v) is 8.77. The van der Waals surface area contributed by atoms with Gasteiger partial charge in [0.15, 0.2) is 0 Å². The molecule has 2 amide bonds. The van der Waals surface area contributed by atoms with Crippen molar-refractivity contribution in [1.82, 2.24) is 15.1 Å². The van der Waals surface area contributed by atoms with Crippen molar-refractivity contribution < 1.29 is 32.7 Å². The number of amides is 2. The summed E-state index contributed by atoms with van der Waals surface area (Å²) in [5.41, 5.74) is 5.09. The number of nitrogens with one attached hydrogen (secondary N) is 1. The lowest BCUT2D eigenvalue weighted by atomic mass is 10.1. The normalized spacial score (nSPS) is 13.4. The maximum absolute atomic E-state index is 13.3. The SMILES string of the molecule is Cc1ccc(CN(CCC(=O)N2CCNCC2)C(=O)c2cc(C)cc(C)c2)cc1.O=C(O)C(F)(F)F. The highest BCUT2D eigenvalue weighted by Crippen LogP contribution is 2.16. The maximum Gasteiger partial charge on any atom is 0.490 e. The van der Waals surface area contributed by atoms with Crippen molar-refractivity contribution in [2.24, 2.45) is 0 Å². The van der Waals surface area contributed by atoms with Crippen LogP contribution in [0.1, 0.15) is 39.0 Å². The van der Waals surface area contributed by atoms with E-state index >= 15 is 0 Å². The van der Waals surface area contributed by atoms with E-state index in [1.165, 1.54) is 5.56 Å². The smallest absolute Gasteiger partial charge is 0.475 e. The van der Waals surface area contributed by atoms with Gasteiger partial charge in [-0.3, -0.25) is 9.59 Å². The van der Waals surface area contributed by atoms with Gasteiger partial charge in [0.25, 0.3) is 5.91 Å². The zero-order chi connectivity index (χ0) is 26.9. The van der Waals surface area contributed by atoms with E-state index in [1.807, 2.05) is 37.8 Å². The van der Waals surface area contributed by atoms with E-state index < -0.39 is 12.1 Å². The lowest BCUT2D eigenvalue weighted by molar-refractivity contribution is -0.192. The Hall–Kier alpha value is -3.40. The summed E-state index contributed by atoms with van der Waals surface area (Å²) in [5, 5.41) is 10.4. The first kappa shape index (κ1) is 28.8. The van der Waals surface area contributed by atoms with Crippen LogP contribution in [0.2, 0.25) is 0 Å². The van der Waals surface area contributed by atoms with Gasteiger partial charge in [-0.15, -0.1) is 0 Å². The predicted molar refractivity (Wildman–Crippen MR) is 130 cm³/mol. The standard InChI is InChI=1S/C24H31N3O2.C2HF3O2/c1-18-4-6-21(7-5-18)17-27(11-8-23(28)26-12-9-25-10-13-26)24(29)22-15-19(2)14-20(3)16-22;3-2(4,5)1(6)7/h4-7,14-16,25H,8-13,17H2,1-3H3;(H,6,7). The molecule has 1 aliphatic heterocycles. The molecule has 7 nitrogen and oxygen atoms in total. The molecular weight excluding hydrogens is 475 g/mol. The van der Waals surface area contributed by atoms with Gasteiger partial charge in [-0.2, -0.15) is 13.2 Å². The third-order valence-electron chi connectivity index (χ3n) is 5.56. The van der Waals surface area contributed by atoms with Crippen LogP contribution in [0, 0.1) is 20.8 Å². The Morgan fingerprint density at radius 2 is 1.47 bits per heavy atom. The minimum absolute atomic E-state index is 0.0227. The van der Waals surface area contributed by atoms with Crippen molar-refractivity contribution in [2.75, 3.05) is 32.7 Å². The Morgan fingerprint density at radius 1 is 0.944 bits per heavy atom. The first-order chi connectivity index (χ1) is 16.9. The van der Waals surface area contributed by atoms with E-state index in [-0.39, 0.29) is 11.8 Å². The summed E-state index contributed by atoms with van der Waals surface area (Å²) in [6.45, 7) is 10.1. The molecule has 0 atom stereocenters. The molecule has 0 aliphatic carbocycles. The molecule has 0 aromatic heterocycles. The quantitative estimate of drug-likeness (QED) is 0.622. The van der Waals surface area contributed by atoms with Crippen LogP contribution in [0.4, 0.5) is 13.2 Å². The van der Waals surface area contributed by atoms with E-state index in [9.17, 15) is 22.8 Å². The first-order valence-corrected chi connectivity index (χ1v) is 11.6. The molecule has 1 aliphatic rings. The van der Waals surface area contributed by atoms with Crippen LogP contribution in [0.5, 0.6) is 0 Å². The summed E-state index contributed by atoms with van der Waals surface area (Å²) in [6.07, 6.45) is -4.73. The molecule has 2 aromatic rings. The molecule has 0 bridgehead atoms. The second-order valence-electron chi connectivity index (χ2n) is 8.77. The zero-order valence-electron chi connectivity index (χ0n) is 20.7. The van der Waals surface area contributed by atoms with Gasteiger partial charge in [-0.1, -0.05) is 47.0 Å². The minimum atomic E-state index is -5.08. The third-order valence-corrected chi connectivity index (χ3v) is 5.56. The van der Waals surface area contributed by atoms with Crippen LogP contribution < -0.4 is 5.32 Å². The Labute approximate surface area is 208 Å². The number of alkyl halides is 3. The molecule has 0 spiro atoms. The average molecular weight is 508 g/mol. The highest BCUT2D eigenvalue weighted by Gasteiger charge is 2.38. The fourth-order valence-electron chi connectivity index (χ4n) is 3.75. The van der Waals surface area contributed by atoms with Gasteiger partial charge in [0.2, 0.25) is 5.91 Å². The molecular formula is C26H32F3N3O4. The van der Waals surface area contributed by atoms with Gasteiger partial charge < -0.3 is 20.2 Å². The highest BCUT2D eigenvalue weighted by molar-refractivity contribution is 5.95. The molecule has 1 saturated heterocycles. The average Bonchev–Trinajstić information content (AvgIpc) is 2.82. The van der Waals surface area contributed by atoms with E-state index in [0.717, 1.165) is 42.9 Å². The van der Waals surface area contributed by atoms with Gasteiger partial charge in [-0.25, -0.2) is 4.79 Å². The molecule has 10 heteroatoms. The number of carbonyl (C=O) groups is 3. The van der Waals surface area contributed by atoms with Gasteiger partial charge in [0, 0.05) is 51.3 Å². The molecule has 2 aromatic carbocycles. The summed E-state index contributed by atoms with van der Waals surface area (Å²) in [7, 11) is 0. The molecule has 0 saturated carbocycles. The number of aliphatic carboxylic acids is 1. The molecule has 1 heterocycles. The van der Waals surface area contributed by atoms with E-state index in [0.29, 0.717) is 25.1 Å². The fourth-order valence-corrected chi connectivity index (χ4v) is 3.75. The highest BCUT2D eigenvalue weighted by atomic mass is 19.4. The molecule has 0 radical (unpaired) electrons. The molecule has 0 unspecified atom stereocenters. The number of nitrogens with zero attached hydrogens (tertiary/aromatic N) is 2. The van der Waals surface area contributed by atoms with Gasteiger partial charge >= 0.3 is 12.1 Å². The zero-order valence-corrected chi connectivity index (χ0v) is 20.7. The summed E-state index contributed by atoms with van der Waals surface area (Å²) in [4.78, 5) is 38.5. The predicted octanol–water partition coefficient (Wildman–Crippen LogP) is 3.71. The molecule has 3 rings (SSSR count). The van der Waals surface area contributed by atoms with Crippen LogP contribution >= 0.6 is 0 Å². The number of benzene rings is 2. The van der Waals surface area contributed by atoms with E-state index in [4.69, 9.17) is 9.90 Å². The number of rotatable bonds is 6. The monoisotopic (exact) mass is 507 g/mol. The number of halogens is 3. The number of hydrogen-bond donors (Lipinski definition) is 2. The van der Waals surface area contributed by atoms with Gasteiger partial charge in [0.1, 0.15) is 0 Å². The van der Waals surface area contributed by atoms with Crippen molar-refractivity contribution in [3.05, 3.63) is 70.3 Å². The minimum Gasteiger partial charge on any atom is -0.475 e. The summed E-state index contributed by atoms with van der Waals surface area (Å²) >= 11 is 0. The maximum atomic E-state index is 13.3. The number of hydrogen-bond acceptors (Lipinski definition) is 4. The van der Waals surface area contributed by atoms with Crippen LogP contribution in [-0.4, -0.2) is 71.6 Å². The Bertz CT molecular complexity index is 1030. The third kappa shape index (κ3) is 9.33. The Balaban J connectivity index is 0.000000572. The van der Waals surface area contributed by atoms with Gasteiger partial charge in [0.05, 0.1) is 0 Å². The summed E-state index contributed by atoms with van der Waals surface area (Å²) in [5.74, 6) is -2.66. The largest absolute Gasteiger partial charge is 0.490 e. The molecule has 196 valence electrons. The lowest BCUT2D eigenvalue weighted by Crippen LogP contribution is -2.47. The number of piperazine rings is 1. The molecule has 2 N–H and O–H groups in total. The van der Waals surface area contributed by atoms with Gasteiger partial charge in [-0.05, 0) is 38.5 Å². The van der Waals surface area contributed by atoms with Crippen molar-refractivity contribution in [1.29, 1.82) is 0 Å². The van der Waals surface area contributed by atoms with Crippen molar-refractivity contribution in [3.8, 4) is 0 Å². The number of carbonyl (C=O) groups excluding carboxylic acids is 2. The summed E-state index contributed by atoms with van der Waals surface area (Å²) in [6, 6.07) is 14.1. The van der Waals surface area contributed by atoms with Crippen LogP contribution in [0.15, 0.2) is 42.5 Å². The Morgan fingerprint density at radius 3 is 1.97 bits per heavy atom. The van der Waals surface area contributed by atoms with Crippen LogP contribution in [0.25, 0.3) is 0 Å². The van der Waals surface area contributed by atoms with E-state index in [1.54, 1.807) is 4.90 Å². The topological polar surface area (TPSA) is 90.0 Å². The van der Waals surface area contributed by atoms with Crippen molar-refractivity contribution in [3.63, 3.8) is 0 Å². The number of carboxylic acid groups (broad SMARTS) is 1. The van der Waals surface area contributed by atoms with Crippen LogP contribution in [0.3, 0.4) is 0 Å². The fraction of sp³-hybridized carbons (Fsp3) is 0.423. The molecule has 1 fully saturated rings.